The van der Waals surface area contributed by atoms with Crippen molar-refractivity contribution in [1.82, 2.24) is 0 Å². The van der Waals surface area contributed by atoms with Crippen molar-refractivity contribution in [2.45, 2.75) is 6.92 Å². The van der Waals surface area contributed by atoms with Crippen LogP contribution in [-0.2, 0) is 4.79 Å². The van der Waals surface area contributed by atoms with Gasteiger partial charge >= 0.3 is 0 Å². The van der Waals surface area contributed by atoms with Crippen LogP contribution in [0.15, 0.2) is 72.8 Å². The molecule has 0 fully saturated rings. The molecule has 132 valence electrons. The van der Waals surface area contributed by atoms with E-state index in [2.05, 4.69) is 10.6 Å². The number of anilines is 2. The third kappa shape index (κ3) is 4.55. The van der Waals surface area contributed by atoms with Gasteiger partial charge in [0.2, 0.25) is 5.91 Å². The van der Waals surface area contributed by atoms with Crippen molar-refractivity contribution in [1.29, 1.82) is 0 Å². The first-order valence-corrected chi connectivity index (χ1v) is 8.62. The molecule has 4 nitrogen and oxygen atoms in total. The van der Waals surface area contributed by atoms with Crippen molar-refractivity contribution < 1.29 is 9.53 Å². The molecule has 2 N–H and O–H groups in total. The molecular formula is C21H19ClN2O2. The molecule has 0 aliphatic rings. The van der Waals surface area contributed by atoms with Gasteiger partial charge < -0.3 is 15.4 Å². The highest BCUT2D eigenvalue weighted by Crippen LogP contribution is 2.29. The van der Waals surface area contributed by atoms with Crippen LogP contribution in [-0.4, -0.2) is 12.5 Å². The summed E-state index contributed by atoms with van der Waals surface area (Å²) >= 11 is 6.08. The van der Waals surface area contributed by atoms with E-state index < -0.39 is 0 Å². The van der Waals surface area contributed by atoms with Crippen molar-refractivity contribution in [3.63, 3.8) is 0 Å². The zero-order valence-corrected chi connectivity index (χ0v) is 15.1. The van der Waals surface area contributed by atoms with Gasteiger partial charge in [0.25, 0.3) is 0 Å². The lowest BCUT2D eigenvalue weighted by atomic mass is 10.2. The van der Waals surface area contributed by atoms with E-state index in [4.69, 9.17) is 16.3 Å². The van der Waals surface area contributed by atoms with Gasteiger partial charge in [0.05, 0.1) is 12.2 Å². The lowest BCUT2D eigenvalue weighted by Crippen LogP contribution is -2.22. The summed E-state index contributed by atoms with van der Waals surface area (Å²) in [5.41, 5.74) is 2.29. The summed E-state index contributed by atoms with van der Waals surface area (Å²) in [6.07, 6.45) is 0. The summed E-state index contributed by atoms with van der Waals surface area (Å²) in [5, 5.41) is 6.60. The third-order valence-electron chi connectivity index (χ3n) is 3.84. The molecule has 0 spiro atoms. The molecule has 0 radical (unpaired) electrons. The van der Waals surface area contributed by atoms with Crippen molar-refractivity contribution in [3.05, 3.63) is 83.4 Å². The first-order valence-electron chi connectivity index (χ1n) is 8.24. The second-order valence-corrected chi connectivity index (χ2v) is 6.13. The average molecular weight is 367 g/mol. The number of para-hydroxylation sites is 3. The van der Waals surface area contributed by atoms with Crippen LogP contribution in [0, 0.1) is 6.92 Å². The first-order chi connectivity index (χ1) is 12.6. The minimum Gasteiger partial charge on any atom is -0.455 e. The highest BCUT2D eigenvalue weighted by atomic mass is 35.5. The maximum atomic E-state index is 12.3. The number of carbonyl (C=O) groups excluding carboxylic acids is 1. The minimum absolute atomic E-state index is 0.112. The van der Waals surface area contributed by atoms with Crippen LogP contribution in [0.3, 0.4) is 0 Å². The van der Waals surface area contributed by atoms with Crippen LogP contribution in [0.1, 0.15) is 5.56 Å². The Morgan fingerprint density at radius 1 is 0.923 bits per heavy atom. The van der Waals surface area contributed by atoms with Crippen LogP contribution in [0.4, 0.5) is 11.4 Å². The molecule has 3 aromatic carbocycles. The Morgan fingerprint density at radius 2 is 1.62 bits per heavy atom. The molecule has 0 atom stereocenters. The third-order valence-corrected chi connectivity index (χ3v) is 4.25. The Bertz CT molecular complexity index is 898. The van der Waals surface area contributed by atoms with Crippen LogP contribution < -0.4 is 15.4 Å². The van der Waals surface area contributed by atoms with Gasteiger partial charge in [-0.25, -0.2) is 0 Å². The first kappa shape index (κ1) is 17.8. The molecule has 3 aromatic rings. The molecule has 0 saturated carbocycles. The number of carbonyl (C=O) groups is 1. The predicted octanol–water partition coefficient (Wildman–Crippen LogP) is 5.49. The molecule has 0 aliphatic heterocycles. The van der Waals surface area contributed by atoms with E-state index in [1.54, 1.807) is 12.1 Å². The Hall–Kier alpha value is -2.98. The fourth-order valence-electron chi connectivity index (χ4n) is 2.43. The van der Waals surface area contributed by atoms with Crippen LogP contribution in [0.25, 0.3) is 0 Å². The molecule has 26 heavy (non-hydrogen) atoms. The summed E-state index contributed by atoms with van der Waals surface area (Å²) < 4.78 is 5.88. The lowest BCUT2D eigenvalue weighted by Gasteiger charge is -2.14. The van der Waals surface area contributed by atoms with E-state index >= 15 is 0 Å². The topological polar surface area (TPSA) is 50.4 Å². The molecule has 3 rings (SSSR count). The second-order valence-electron chi connectivity index (χ2n) is 5.73. The number of ether oxygens (including phenoxy) is 1. The quantitative estimate of drug-likeness (QED) is 0.606. The molecule has 5 heteroatoms. The summed E-state index contributed by atoms with van der Waals surface area (Å²) in [5.74, 6) is 1.23. The van der Waals surface area contributed by atoms with Gasteiger partial charge in [-0.1, -0.05) is 48.0 Å². The molecule has 0 bridgehead atoms. The molecular weight excluding hydrogens is 348 g/mol. The largest absolute Gasteiger partial charge is 0.455 e. The molecule has 0 aromatic heterocycles. The van der Waals surface area contributed by atoms with Gasteiger partial charge in [-0.2, -0.15) is 0 Å². The molecule has 1 amide bonds. The lowest BCUT2D eigenvalue weighted by molar-refractivity contribution is -0.114. The summed E-state index contributed by atoms with van der Waals surface area (Å²) in [6, 6.07) is 22.4. The highest BCUT2D eigenvalue weighted by Gasteiger charge is 2.09. The Labute approximate surface area is 157 Å². The number of benzene rings is 3. The number of rotatable bonds is 6. The Balaban J connectivity index is 1.64. The van der Waals surface area contributed by atoms with Gasteiger partial charge in [0.1, 0.15) is 5.75 Å². The number of hydrogen-bond donors (Lipinski definition) is 2. The standard InChI is InChI=1S/C21H19ClN2O2/c1-15-17(22)10-7-12-18(15)24-21(25)14-23-19-11-5-6-13-20(19)26-16-8-3-2-4-9-16/h2-13,23H,14H2,1H3,(H,24,25). The van der Waals surface area contributed by atoms with Crippen molar-refractivity contribution >= 4 is 28.9 Å². The molecule has 0 unspecified atom stereocenters. The fraction of sp³-hybridized carbons (Fsp3) is 0.0952. The smallest absolute Gasteiger partial charge is 0.243 e. The number of halogens is 1. The Morgan fingerprint density at radius 3 is 2.42 bits per heavy atom. The summed E-state index contributed by atoms with van der Waals surface area (Å²) in [6.45, 7) is 1.98. The molecule has 0 aliphatic carbocycles. The van der Waals surface area contributed by atoms with Crippen LogP contribution in [0.5, 0.6) is 11.5 Å². The second kappa shape index (κ2) is 8.41. The van der Waals surface area contributed by atoms with Gasteiger partial charge in [0, 0.05) is 10.7 Å². The van der Waals surface area contributed by atoms with Gasteiger partial charge in [0.15, 0.2) is 5.75 Å². The fourth-order valence-corrected chi connectivity index (χ4v) is 2.60. The maximum Gasteiger partial charge on any atom is 0.243 e. The summed E-state index contributed by atoms with van der Waals surface area (Å²) in [7, 11) is 0. The van der Waals surface area contributed by atoms with Gasteiger partial charge in [-0.3, -0.25) is 4.79 Å². The van der Waals surface area contributed by atoms with E-state index in [1.165, 1.54) is 0 Å². The Kier molecular flexibility index (Phi) is 5.77. The number of nitrogens with one attached hydrogen (secondary N) is 2. The highest BCUT2D eigenvalue weighted by molar-refractivity contribution is 6.31. The maximum absolute atomic E-state index is 12.3. The summed E-state index contributed by atoms with van der Waals surface area (Å²) in [4.78, 5) is 12.3. The van der Waals surface area contributed by atoms with Gasteiger partial charge in [-0.15, -0.1) is 0 Å². The van der Waals surface area contributed by atoms with E-state index in [0.29, 0.717) is 16.5 Å². The molecule has 0 heterocycles. The van der Waals surface area contributed by atoms with E-state index in [-0.39, 0.29) is 12.5 Å². The number of hydrogen-bond acceptors (Lipinski definition) is 3. The van der Waals surface area contributed by atoms with Crippen LogP contribution >= 0.6 is 11.6 Å². The molecule has 0 saturated heterocycles. The van der Waals surface area contributed by atoms with E-state index in [0.717, 1.165) is 17.0 Å². The van der Waals surface area contributed by atoms with Gasteiger partial charge in [-0.05, 0) is 48.9 Å². The zero-order valence-electron chi connectivity index (χ0n) is 14.3. The van der Waals surface area contributed by atoms with Crippen LogP contribution in [0.2, 0.25) is 5.02 Å². The number of amides is 1. The average Bonchev–Trinajstić information content (AvgIpc) is 2.66. The van der Waals surface area contributed by atoms with E-state index in [9.17, 15) is 4.79 Å². The zero-order chi connectivity index (χ0) is 18.4. The van der Waals surface area contributed by atoms with E-state index in [1.807, 2.05) is 67.6 Å². The normalized spacial score (nSPS) is 10.2. The van der Waals surface area contributed by atoms with Crippen molar-refractivity contribution in [2.24, 2.45) is 0 Å². The van der Waals surface area contributed by atoms with Crippen molar-refractivity contribution in [3.8, 4) is 11.5 Å². The van der Waals surface area contributed by atoms with Crippen molar-refractivity contribution in [2.75, 3.05) is 17.2 Å². The predicted molar refractivity (Wildman–Crippen MR) is 106 cm³/mol. The minimum atomic E-state index is -0.162. The SMILES string of the molecule is Cc1c(Cl)cccc1NC(=O)CNc1ccccc1Oc1ccccc1. The monoisotopic (exact) mass is 366 g/mol.